The van der Waals surface area contributed by atoms with E-state index in [9.17, 15) is 4.79 Å². The number of aromatic nitrogens is 3. The summed E-state index contributed by atoms with van der Waals surface area (Å²) < 4.78 is 5.71. The number of thioether (sulfide) groups is 1. The van der Waals surface area contributed by atoms with Crippen LogP contribution in [0.2, 0.25) is 0 Å². The number of nitrogens with zero attached hydrogens (tertiary/aromatic N) is 4. The van der Waals surface area contributed by atoms with Crippen LogP contribution in [0.1, 0.15) is 48.0 Å². The van der Waals surface area contributed by atoms with Crippen LogP contribution in [0.15, 0.2) is 52.2 Å². The number of carbonyl (C=O) groups is 1. The van der Waals surface area contributed by atoms with Gasteiger partial charge in [0.2, 0.25) is 0 Å². The van der Waals surface area contributed by atoms with E-state index in [1.807, 2.05) is 37.4 Å². The number of carbonyl (C=O) groups excluding carboxylic acids is 1. The fourth-order valence-electron chi connectivity index (χ4n) is 2.82. The van der Waals surface area contributed by atoms with Gasteiger partial charge in [0.1, 0.15) is 11.6 Å². The molecule has 0 fully saturated rings. The third kappa shape index (κ3) is 6.06. The number of pyridine rings is 1. The third-order valence-corrected chi connectivity index (χ3v) is 5.31. The Morgan fingerprint density at radius 2 is 2.03 bits per heavy atom. The molecule has 3 aromatic rings. The average molecular weight is 426 g/mol. The molecule has 30 heavy (non-hydrogen) atoms. The molecular formula is C22H27N5O2S. The molecule has 1 amide bonds. The van der Waals surface area contributed by atoms with E-state index in [2.05, 4.69) is 39.0 Å². The van der Waals surface area contributed by atoms with Gasteiger partial charge in [-0.1, -0.05) is 31.7 Å². The monoisotopic (exact) mass is 425 g/mol. The summed E-state index contributed by atoms with van der Waals surface area (Å²) in [5.74, 6) is 2.22. The Kier molecular flexibility index (Phi) is 7.84. The maximum absolute atomic E-state index is 12.3. The first-order valence-electron chi connectivity index (χ1n) is 10.1. The second-order valence-corrected chi connectivity index (χ2v) is 7.78. The maximum atomic E-state index is 12.3. The van der Waals surface area contributed by atoms with E-state index in [0.29, 0.717) is 23.2 Å². The molecule has 0 unspecified atom stereocenters. The van der Waals surface area contributed by atoms with Gasteiger partial charge in [0.05, 0.1) is 18.0 Å². The molecule has 0 aromatic carbocycles. The highest BCUT2D eigenvalue weighted by Gasteiger charge is 2.13. The fraction of sp³-hybridized carbons (Fsp3) is 0.364. The SMILES string of the molecule is CCCN(C)c1cc(CC)nc(SCc2ccc(C(=O)NCc3ccccn3)o2)n1. The number of aryl methyl sites for hydroxylation is 1. The van der Waals surface area contributed by atoms with Crippen molar-refractivity contribution < 1.29 is 9.21 Å². The van der Waals surface area contributed by atoms with Gasteiger partial charge in [-0.15, -0.1) is 0 Å². The van der Waals surface area contributed by atoms with Gasteiger partial charge in [-0.25, -0.2) is 9.97 Å². The van der Waals surface area contributed by atoms with Gasteiger partial charge in [0.25, 0.3) is 5.91 Å². The normalized spacial score (nSPS) is 10.8. The molecule has 3 aromatic heterocycles. The molecule has 0 atom stereocenters. The zero-order chi connectivity index (χ0) is 21.3. The van der Waals surface area contributed by atoms with Crippen molar-refractivity contribution in [3.05, 3.63) is 65.5 Å². The van der Waals surface area contributed by atoms with E-state index < -0.39 is 0 Å². The lowest BCUT2D eigenvalue weighted by Crippen LogP contribution is -2.22. The predicted molar refractivity (Wildman–Crippen MR) is 119 cm³/mol. The molecule has 0 spiro atoms. The predicted octanol–water partition coefficient (Wildman–Crippen LogP) is 4.10. The quantitative estimate of drug-likeness (QED) is 0.387. The lowest BCUT2D eigenvalue weighted by Gasteiger charge is -2.18. The van der Waals surface area contributed by atoms with Crippen LogP contribution >= 0.6 is 11.8 Å². The van der Waals surface area contributed by atoms with Crippen LogP contribution in [0.4, 0.5) is 5.82 Å². The van der Waals surface area contributed by atoms with Crippen LogP contribution in [-0.2, 0) is 18.7 Å². The average Bonchev–Trinajstić information content (AvgIpc) is 3.26. The molecule has 3 rings (SSSR count). The van der Waals surface area contributed by atoms with Gasteiger partial charge in [-0.3, -0.25) is 9.78 Å². The van der Waals surface area contributed by atoms with Crippen molar-refractivity contribution in [2.24, 2.45) is 0 Å². The minimum atomic E-state index is -0.260. The smallest absolute Gasteiger partial charge is 0.287 e. The van der Waals surface area contributed by atoms with Crippen molar-refractivity contribution in [3.8, 4) is 0 Å². The molecular weight excluding hydrogens is 398 g/mol. The highest BCUT2D eigenvalue weighted by atomic mass is 32.2. The molecule has 7 nitrogen and oxygen atoms in total. The van der Waals surface area contributed by atoms with E-state index >= 15 is 0 Å². The van der Waals surface area contributed by atoms with Crippen molar-refractivity contribution >= 4 is 23.5 Å². The van der Waals surface area contributed by atoms with Crippen molar-refractivity contribution in [1.82, 2.24) is 20.3 Å². The fourth-order valence-corrected chi connectivity index (χ4v) is 3.59. The van der Waals surface area contributed by atoms with Crippen LogP contribution in [0.25, 0.3) is 0 Å². The Morgan fingerprint density at radius 1 is 1.17 bits per heavy atom. The molecule has 158 valence electrons. The van der Waals surface area contributed by atoms with E-state index in [1.54, 1.807) is 12.3 Å². The second kappa shape index (κ2) is 10.8. The summed E-state index contributed by atoms with van der Waals surface area (Å²) in [6.45, 7) is 5.54. The summed E-state index contributed by atoms with van der Waals surface area (Å²) in [5, 5.41) is 3.53. The third-order valence-electron chi connectivity index (χ3n) is 4.44. The summed E-state index contributed by atoms with van der Waals surface area (Å²) in [4.78, 5) is 27.9. The zero-order valence-electron chi connectivity index (χ0n) is 17.6. The van der Waals surface area contributed by atoms with Crippen LogP contribution < -0.4 is 10.2 Å². The number of rotatable bonds is 10. The van der Waals surface area contributed by atoms with Crippen molar-refractivity contribution in [3.63, 3.8) is 0 Å². The Balaban J connectivity index is 1.59. The standard InChI is InChI=1S/C22H27N5O2S/c1-4-12-27(3)20-13-16(5-2)25-22(26-20)30-15-18-9-10-19(29-18)21(28)24-14-17-8-6-7-11-23-17/h6-11,13H,4-5,12,14-15H2,1-3H3,(H,24,28). The largest absolute Gasteiger partial charge is 0.455 e. The number of nitrogens with one attached hydrogen (secondary N) is 1. The first kappa shape index (κ1) is 21.8. The summed E-state index contributed by atoms with van der Waals surface area (Å²) >= 11 is 1.50. The summed E-state index contributed by atoms with van der Waals surface area (Å²) in [6.07, 6.45) is 3.61. The van der Waals surface area contributed by atoms with Crippen LogP contribution in [0, 0.1) is 0 Å². The molecule has 0 radical (unpaired) electrons. The van der Waals surface area contributed by atoms with Gasteiger partial charge < -0.3 is 14.6 Å². The van der Waals surface area contributed by atoms with Crippen molar-refractivity contribution in [2.75, 3.05) is 18.5 Å². The minimum absolute atomic E-state index is 0.260. The van der Waals surface area contributed by atoms with Gasteiger partial charge >= 0.3 is 0 Å². The van der Waals surface area contributed by atoms with E-state index in [-0.39, 0.29) is 11.7 Å². The number of amides is 1. The first-order valence-corrected chi connectivity index (χ1v) is 11.1. The molecule has 3 heterocycles. The Bertz CT molecular complexity index is 961. The molecule has 0 saturated heterocycles. The summed E-state index contributed by atoms with van der Waals surface area (Å²) in [5.41, 5.74) is 1.81. The first-order chi connectivity index (χ1) is 14.6. The number of hydrogen-bond donors (Lipinski definition) is 1. The molecule has 8 heteroatoms. The molecule has 0 aliphatic rings. The number of hydrogen-bond acceptors (Lipinski definition) is 7. The van der Waals surface area contributed by atoms with E-state index in [4.69, 9.17) is 4.42 Å². The summed E-state index contributed by atoms with van der Waals surface area (Å²) in [7, 11) is 2.04. The molecule has 0 aliphatic heterocycles. The zero-order valence-corrected chi connectivity index (χ0v) is 18.4. The van der Waals surface area contributed by atoms with Gasteiger partial charge in [0.15, 0.2) is 10.9 Å². The minimum Gasteiger partial charge on any atom is -0.455 e. The van der Waals surface area contributed by atoms with E-state index in [1.165, 1.54) is 11.8 Å². The number of anilines is 1. The molecule has 0 aliphatic carbocycles. The maximum Gasteiger partial charge on any atom is 0.287 e. The highest BCUT2D eigenvalue weighted by molar-refractivity contribution is 7.98. The van der Waals surface area contributed by atoms with Crippen LogP contribution in [0.5, 0.6) is 0 Å². The lowest BCUT2D eigenvalue weighted by molar-refractivity contribution is 0.0921. The summed E-state index contributed by atoms with van der Waals surface area (Å²) in [6, 6.07) is 11.1. The Hall–Kier alpha value is -2.87. The molecule has 1 N–H and O–H groups in total. The van der Waals surface area contributed by atoms with Crippen molar-refractivity contribution in [1.29, 1.82) is 0 Å². The van der Waals surface area contributed by atoms with E-state index in [0.717, 1.165) is 36.6 Å². The van der Waals surface area contributed by atoms with Gasteiger partial charge in [0, 0.05) is 31.5 Å². The second-order valence-electron chi connectivity index (χ2n) is 6.83. The topological polar surface area (TPSA) is 84.2 Å². The molecule has 0 saturated carbocycles. The van der Waals surface area contributed by atoms with Gasteiger partial charge in [-0.2, -0.15) is 0 Å². The van der Waals surface area contributed by atoms with Crippen LogP contribution in [-0.4, -0.2) is 34.5 Å². The van der Waals surface area contributed by atoms with Gasteiger partial charge in [-0.05, 0) is 37.1 Å². The Morgan fingerprint density at radius 3 is 2.77 bits per heavy atom. The number of furan rings is 1. The van der Waals surface area contributed by atoms with Crippen LogP contribution in [0.3, 0.4) is 0 Å². The Labute approximate surface area is 181 Å². The lowest BCUT2D eigenvalue weighted by atomic mass is 10.3. The molecule has 0 bridgehead atoms. The highest BCUT2D eigenvalue weighted by Crippen LogP contribution is 2.24. The van der Waals surface area contributed by atoms with Crippen molar-refractivity contribution in [2.45, 2.75) is 44.1 Å².